The Hall–Kier alpha value is -2.50. The molecule has 1 aliphatic rings. The normalized spacial score (nSPS) is 14.1. The fraction of sp³-hybridized carbons (Fsp3) is 0.379. The number of nitrogens with one attached hydrogen (secondary N) is 1. The largest absolute Gasteiger partial charge is 0.493 e. The van der Waals surface area contributed by atoms with Gasteiger partial charge in [0.05, 0.1) is 14.2 Å². The van der Waals surface area contributed by atoms with Gasteiger partial charge in [-0.15, -0.1) is 0 Å². The van der Waals surface area contributed by atoms with Crippen LogP contribution >= 0.6 is 15.9 Å². The second kappa shape index (κ2) is 11.8. The number of rotatable bonds is 9. The average Bonchev–Trinajstić information content (AvgIpc) is 2.88. The molecule has 0 amide bonds. The summed E-state index contributed by atoms with van der Waals surface area (Å²) in [4.78, 5) is 2.57. The predicted molar refractivity (Wildman–Crippen MR) is 145 cm³/mol. The third-order valence-electron chi connectivity index (χ3n) is 6.60. The first-order valence-corrected chi connectivity index (χ1v) is 13.0. The molecule has 1 aliphatic heterocycles. The van der Waals surface area contributed by atoms with Gasteiger partial charge in [0.25, 0.3) is 0 Å². The molecule has 1 N–H and O–H groups in total. The zero-order valence-corrected chi connectivity index (χ0v) is 22.0. The van der Waals surface area contributed by atoms with Gasteiger partial charge in [-0.1, -0.05) is 47.5 Å². The maximum atomic E-state index is 5.68. The van der Waals surface area contributed by atoms with E-state index in [0.29, 0.717) is 6.04 Å². The summed E-state index contributed by atoms with van der Waals surface area (Å²) in [5.74, 6) is 1.64. The van der Waals surface area contributed by atoms with E-state index in [1.807, 2.05) is 0 Å². The fourth-order valence-corrected chi connectivity index (χ4v) is 5.16. The van der Waals surface area contributed by atoms with Crippen LogP contribution in [0.15, 0.2) is 65.1 Å². The van der Waals surface area contributed by atoms with Gasteiger partial charge in [0, 0.05) is 22.7 Å². The van der Waals surface area contributed by atoms with E-state index in [9.17, 15) is 0 Å². The molecule has 0 radical (unpaired) electrons. The molecule has 34 heavy (non-hydrogen) atoms. The topological polar surface area (TPSA) is 33.7 Å². The first-order chi connectivity index (χ1) is 16.6. The number of nitrogens with zero attached hydrogens (tertiary/aromatic N) is 1. The molecule has 4 nitrogen and oxygen atoms in total. The van der Waals surface area contributed by atoms with Crippen molar-refractivity contribution >= 4 is 21.6 Å². The lowest BCUT2D eigenvalue weighted by atomic mass is 9.97. The summed E-state index contributed by atoms with van der Waals surface area (Å²) < 4.78 is 12.5. The number of benzene rings is 3. The molecular formula is C29H35BrN2O2. The van der Waals surface area contributed by atoms with Gasteiger partial charge in [-0.3, -0.25) is 0 Å². The first-order valence-electron chi connectivity index (χ1n) is 12.2. The van der Waals surface area contributed by atoms with E-state index < -0.39 is 0 Å². The minimum absolute atomic E-state index is 0.531. The van der Waals surface area contributed by atoms with Gasteiger partial charge >= 0.3 is 0 Å². The molecule has 0 spiro atoms. The number of ether oxygens (including phenoxy) is 2. The third kappa shape index (κ3) is 5.76. The van der Waals surface area contributed by atoms with Crippen LogP contribution in [0.2, 0.25) is 0 Å². The Bertz CT molecular complexity index is 1080. The van der Waals surface area contributed by atoms with Gasteiger partial charge in [0.15, 0.2) is 11.5 Å². The minimum atomic E-state index is 0.531. The van der Waals surface area contributed by atoms with Crippen LogP contribution in [-0.2, 0) is 13.0 Å². The van der Waals surface area contributed by atoms with Crippen molar-refractivity contribution in [3.8, 4) is 22.6 Å². The van der Waals surface area contributed by atoms with Crippen molar-refractivity contribution in [1.29, 1.82) is 0 Å². The smallest absolute Gasteiger partial charge is 0.163 e. The molecule has 0 atom stereocenters. The van der Waals surface area contributed by atoms with Crippen molar-refractivity contribution in [2.45, 2.75) is 45.2 Å². The molecule has 0 unspecified atom stereocenters. The van der Waals surface area contributed by atoms with Crippen molar-refractivity contribution < 1.29 is 9.47 Å². The highest BCUT2D eigenvalue weighted by molar-refractivity contribution is 9.10. The summed E-state index contributed by atoms with van der Waals surface area (Å²) in [6, 6.07) is 22.5. The summed E-state index contributed by atoms with van der Waals surface area (Å²) >= 11 is 3.58. The van der Waals surface area contributed by atoms with Crippen molar-refractivity contribution in [2.24, 2.45) is 0 Å². The lowest BCUT2D eigenvalue weighted by molar-refractivity contribution is 0.351. The number of hydrogen-bond donors (Lipinski definition) is 1. The number of anilines is 1. The van der Waals surface area contributed by atoms with E-state index in [0.717, 1.165) is 61.3 Å². The Morgan fingerprint density at radius 2 is 1.71 bits per heavy atom. The van der Waals surface area contributed by atoms with Crippen LogP contribution in [0.5, 0.6) is 11.5 Å². The van der Waals surface area contributed by atoms with Gasteiger partial charge in [-0.2, -0.15) is 0 Å². The molecular weight excluding hydrogens is 488 g/mol. The Labute approximate surface area is 212 Å². The minimum Gasteiger partial charge on any atom is -0.493 e. The summed E-state index contributed by atoms with van der Waals surface area (Å²) in [6.45, 7) is 5.22. The fourth-order valence-electron chi connectivity index (χ4n) is 4.89. The second-order valence-electron chi connectivity index (χ2n) is 8.91. The Kier molecular flexibility index (Phi) is 8.52. The van der Waals surface area contributed by atoms with Crippen molar-refractivity contribution in [3.05, 3.63) is 76.3 Å². The number of aryl methyl sites for hydroxylation is 1. The summed E-state index contributed by atoms with van der Waals surface area (Å²) in [6.07, 6.45) is 4.33. The van der Waals surface area contributed by atoms with Crippen molar-refractivity contribution in [3.63, 3.8) is 0 Å². The molecule has 3 aromatic rings. The second-order valence-corrected chi connectivity index (χ2v) is 9.82. The van der Waals surface area contributed by atoms with Gasteiger partial charge in [-0.25, -0.2) is 0 Å². The maximum absolute atomic E-state index is 5.68. The van der Waals surface area contributed by atoms with E-state index in [1.54, 1.807) is 14.2 Å². The van der Waals surface area contributed by atoms with Crippen LogP contribution in [0.1, 0.15) is 37.3 Å². The molecule has 0 saturated carbocycles. The molecule has 1 fully saturated rings. The number of piperidine rings is 1. The molecule has 3 aromatic carbocycles. The van der Waals surface area contributed by atoms with Crippen LogP contribution in [0.3, 0.4) is 0 Å². The van der Waals surface area contributed by atoms with Gasteiger partial charge in [0.1, 0.15) is 0 Å². The Morgan fingerprint density at radius 1 is 0.941 bits per heavy atom. The van der Waals surface area contributed by atoms with Crippen molar-refractivity contribution in [2.75, 3.05) is 32.2 Å². The summed E-state index contributed by atoms with van der Waals surface area (Å²) in [7, 11) is 3.43. The van der Waals surface area contributed by atoms with E-state index >= 15 is 0 Å². The van der Waals surface area contributed by atoms with Crippen LogP contribution in [0.4, 0.5) is 5.69 Å². The van der Waals surface area contributed by atoms with E-state index in [4.69, 9.17) is 9.47 Å². The Balaban J connectivity index is 1.67. The molecule has 0 aliphatic carbocycles. The van der Waals surface area contributed by atoms with Crippen LogP contribution in [0, 0.1) is 0 Å². The third-order valence-corrected chi connectivity index (χ3v) is 7.12. The van der Waals surface area contributed by atoms with Crippen molar-refractivity contribution in [1.82, 2.24) is 5.32 Å². The highest BCUT2D eigenvalue weighted by Crippen LogP contribution is 2.37. The molecule has 180 valence electrons. The van der Waals surface area contributed by atoms with Gasteiger partial charge in [-0.05, 0) is 97.1 Å². The summed E-state index contributed by atoms with van der Waals surface area (Å²) in [5, 5.41) is 3.50. The zero-order valence-electron chi connectivity index (χ0n) is 20.4. The van der Waals surface area contributed by atoms with E-state index in [1.165, 1.54) is 27.9 Å². The summed E-state index contributed by atoms with van der Waals surface area (Å²) in [5.41, 5.74) is 6.15. The van der Waals surface area contributed by atoms with E-state index in [-0.39, 0.29) is 0 Å². The maximum Gasteiger partial charge on any atom is 0.163 e. The lowest BCUT2D eigenvalue weighted by Gasteiger charge is -2.36. The highest BCUT2D eigenvalue weighted by Gasteiger charge is 2.22. The van der Waals surface area contributed by atoms with Crippen LogP contribution in [0.25, 0.3) is 11.1 Å². The van der Waals surface area contributed by atoms with Crippen LogP contribution < -0.4 is 19.7 Å². The first kappa shape index (κ1) is 24.6. The molecule has 1 heterocycles. The van der Waals surface area contributed by atoms with Gasteiger partial charge in [0.2, 0.25) is 0 Å². The highest BCUT2D eigenvalue weighted by atomic mass is 79.9. The number of methoxy groups -OCH3 is 2. The molecule has 4 rings (SSSR count). The number of hydrogen-bond acceptors (Lipinski definition) is 4. The lowest BCUT2D eigenvalue weighted by Crippen LogP contribution is -2.43. The van der Waals surface area contributed by atoms with E-state index in [2.05, 4.69) is 93.7 Å². The standard InChI is InChI=1S/C29H35BrN2O2/c1-4-6-23-18-24(19-28(33-2)29(23)34-3)22-8-5-7-21(17-22)20-32(27-13-15-31-16-14-27)26-11-9-25(30)10-12-26/h5,7-12,17-19,27,31H,4,6,13-16,20H2,1-3H3. The number of halogens is 1. The SMILES string of the molecule is CCCc1cc(-c2cccc(CN(c3ccc(Br)cc3)C3CCNCC3)c2)cc(OC)c1OC. The van der Waals surface area contributed by atoms with Crippen LogP contribution in [-0.4, -0.2) is 33.4 Å². The average molecular weight is 524 g/mol. The predicted octanol–water partition coefficient (Wildman–Crippen LogP) is 6.84. The molecule has 0 aromatic heterocycles. The zero-order chi connectivity index (χ0) is 23.9. The quantitative estimate of drug-likeness (QED) is 0.333. The monoisotopic (exact) mass is 522 g/mol. The molecule has 1 saturated heterocycles. The Morgan fingerprint density at radius 3 is 2.38 bits per heavy atom. The molecule has 5 heteroatoms. The molecule has 0 bridgehead atoms. The van der Waals surface area contributed by atoms with Gasteiger partial charge < -0.3 is 19.7 Å².